The lowest BCUT2D eigenvalue weighted by molar-refractivity contribution is 0.462. The molecule has 0 atom stereocenters. The fourth-order valence-corrected chi connectivity index (χ4v) is 10.4. The first-order valence-electron chi connectivity index (χ1n) is 10.9. The second-order valence-corrected chi connectivity index (χ2v) is 14.7. The molecule has 0 saturated carbocycles. The van der Waals surface area contributed by atoms with Crippen molar-refractivity contribution in [3.63, 3.8) is 0 Å². The lowest BCUT2D eigenvalue weighted by Crippen LogP contribution is -2.65. The molecule has 0 unspecified atom stereocenters. The summed E-state index contributed by atoms with van der Waals surface area (Å²) in [6.07, 6.45) is 1.46. The van der Waals surface area contributed by atoms with Gasteiger partial charge >= 0.3 is 0 Å². The number of hydrogen-bond donors (Lipinski definition) is 1. The molecule has 4 rings (SSSR count). The standard InChI is InChI=1S/C25H27BrClN3OSSi/c1-18-28-29-23(30(18)24-21(16-27)22(26)17-32-24)14-15-25(2,3)33(31,19-10-6-4-7-11-19)20-12-8-5-9-13-20/h4-13,17,31H,14-16H2,1-3H3. The Hall–Kier alpha value is -1.77. The zero-order chi connectivity index (χ0) is 23.6. The van der Waals surface area contributed by atoms with Crippen LogP contribution >= 0.6 is 38.9 Å². The molecular formula is C25H27BrClN3OSSi. The van der Waals surface area contributed by atoms with Crippen molar-refractivity contribution in [2.24, 2.45) is 0 Å². The van der Waals surface area contributed by atoms with E-state index >= 15 is 0 Å². The molecule has 0 aliphatic heterocycles. The van der Waals surface area contributed by atoms with Crippen LogP contribution in [0.1, 0.15) is 37.5 Å². The van der Waals surface area contributed by atoms with Crippen LogP contribution in [0.25, 0.3) is 5.00 Å². The van der Waals surface area contributed by atoms with Gasteiger partial charge in [-0.25, -0.2) is 0 Å². The largest absolute Gasteiger partial charge is 0.424 e. The van der Waals surface area contributed by atoms with Crippen LogP contribution in [0.4, 0.5) is 0 Å². The van der Waals surface area contributed by atoms with Crippen molar-refractivity contribution in [3.8, 4) is 5.00 Å². The summed E-state index contributed by atoms with van der Waals surface area (Å²) < 4.78 is 3.11. The van der Waals surface area contributed by atoms with Gasteiger partial charge in [0.25, 0.3) is 8.32 Å². The highest BCUT2D eigenvalue weighted by Crippen LogP contribution is 2.40. The number of alkyl halides is 1. The summed E-state index contributed by atoms with van der Waals surface area (Å²) in [7, 11) is -3.07. The van der Waals surface area contributed by atoms with Gasteiger partial charge in [-0.2, -0.15) is 0 Å². The molecule has 0 saturated heterocycles. The van der Waals surface area contributed by atoms with E-state index in [9.17, 15) is 4.80 Å². The van der Waals surface area contributed by atoms with Gasteiger partial charge in [-0.1, -0.05) is 74.5 Å². The minimum atomic E-state index is -3.07. The third-order valence-corrected chi connectivity index (χ3v) is 13.2. The van der Waals surface area contributed by atoms with Crippen LogP contribution in [0, 0.1) is 6.92 Å². The highest BCUT2D eigenvalue weighted by atomic mass is 79.9. The van der Waals surface area contributed by atoms with Crippen LogP contribution in [0.15, 0.2) is 70.5 Å². The molecule has 2 aromatic heterocycles. The number of thiophene rings is 1. The molecule has 1 N–H and O–H groups in total. The molecule has 0 spiro atoms. The van der Waals surface area contributed by atoms with Crippen LogP contribution in [-0.4, -0.2) is 27.9 Å². The Balaban J connectivity index is 1.71. The fourth-order valence-electron chi connectivity index (χ4n) is 4.40. The van der Waals surface area contributed by atoms with Gasteiger partial charge in [0, 0.05) is 21.8 Å². The Kier molecular flexibility index (Phi) is 7.26. The summed E-state index contributed by atoms with van der Waals surface area (Å²) in [4.78, 5) is 12.4. The minimum Gasteiger partial charge on any atom is -0.424 e. The number of benzene rings is 2. The number of rotatable bonds is 8. The van der Waals surface area contributed by atoms with Crippen LogP contribution < -0.4 is 10.4 Å². The smallest absolute Gasteiger partial charge is 0.258 e. The summed E-state index contributed by atoms with van der Waals surface area (Å²) in [5.41, 5.74) is 1.05. The lowest BCUT2D eigenvalue weighted by Gasteiger charge is -2.41. The first-order chi connectivity index (χ1) is 15.8. The van der Waals surface area contributed by atoms with E-state index < -0.39 is 8.32 Å². The third kappa shape index (κ3) is 4.49. The molecule has 8 heteroatoms. The highest BCUT2D eigenvalue weighted by Gasteiger charge is 2.49. The highest BCUT2D eigenvalue weighted by molar-refractivity contribution is 9.10. The minimum absolute atomic E-state index is 0.355. The number of nitrogens with zero attached hydrogens (tertiary/aromatic N) is 3. The molecule has 172 valence electrons. The second-order valence-electron chi connectivity index (χ2n) is 8.83. The lowest BCUT2D eigenvalue weighted by atomic mass is 10.1. The molecular weight excluding hydrogens is 534 g/mol. The zero-order valence-electron chi connectivity index (χ0n) is 18.9. The average molecular weight is 561 g/mol. The van der Waals surface area contributed by atoms with E-state index in [4.69, 9.17) is 11.6 Å². The molecule has 0 bridgehead atoms. The van der Waals surface area contributed by atoms with Crippen molar-refractivity contribution in [1.82, 2.24) is 14.8 Å². The van der Waals surface area contributed by atoms with E-state index in [1.165, 1.54) is 0 Å². The van der Waals surface area contributed by atoms with Crippen molar-refractivity contribution in [1.29, 1.82) is 0 Å². The number of halogens is 2. The van der Waals surface area contributed by atoms with E-state index in [1.54, 1.807) is 11.3 Å². The van der Waals surface area contributed by atoms with Crippen LogP contribution in [0.5, 0.6) is 0 Å². The quantitative estimate of drug-likeness (QED) is 0.225. The van der Waals surface area contributed by atoms with Gasteiger partial charge < -0.3 is 4.80 Å². The fraction of sp³-hybridized carbons (Fsp3) is 0.280. The number of aryl methyl sites for hydroxylation is 2. The third-order valence-electron chi connectivity index (χ3n) is 6.39. The SMILES string of the molecule is Cc1nnc(CCC(C)(C)[Si](O)(c2ccccc2)c2ccccc2)n1-c1scc(Br)c1CCl. The molecule has 0 amide bonds. The molecule has 0 aliphatic carbocycles. The van der Waals surface area contributed by atoms with Gasteiger partial charge in [-0.15, -0.1) is 33.1 Å². The number of aromatic nitrogens is 3. The summed E-state index contributed by atoms with van der Waals surface area (Å²) in [5, 5.41) is 13.7. The predicted octanol–water partition coefficient (Wildman–Crippen LogP) is 5.60. The Morgan fingerprint density at radius 2 is 1.61 bits per heavy atom. The number of hydrogen-bond acceptors (Lipinski definition) is 4. The van der Waals surface area contributed by atoms with Crippen molar-refractivity contribution in [2.45, 2.75) is 44.5 Å². The molecule has 0 fully saturated rings. The van der Waals surface area contributed by atoms with Gasteiger partial charge in [0.2, 0.25) is 0 Å². The van der Waals surface area contributed by atoms with Gasteiger partial charge in [0.1, 0.15) is 16.6 Å². The molecule has 0 aliphatic rings. The molecule has 0 radical (unpaired) electrons. The van der Waals surface area contributed by atoms with Gasteiger partial charge in [0.15, 0.2) is 0 Å². The Morgan fingerprint density at radius 3 is 2.15 bits per heavy atom. The van der Waals surface area contributed by atoms with Crippen LogP contribution in [0.3, 0.4) is 0 Å². The zero-order valence-corrected chi connectivity index (χ0v) is 23.1. The van der Waals surface area contributed by atoms with Crippen LogP contribution in [-0.2, 0) is 12.3 Å². The summed E-state index contributed by atoms with van der Waals surface area (Å²) in [5.74, 6) is 2.14. The van der Waals surface area contributed by atoms with Crippen molar-refractivity contribution in [3.05, 3.63) is 87.7 Å². The summed E-state index contributed by atoms with van der Waals surface area (Å²) in [6.45, 7) is 6.32. The topological polar surface area (TPSA) is 50.9 Å². The first-order valence-corrected chi connectivity index (χ1v) is 15.0. The van der Waals surface area contributed by atoms with E-state index in [0.29, 0.717) is 12.3 Å². The first kappa shape index (κ1) is 24.4. The van der Waals surface area contributed by atoms with E-state index in [-0.39, 0.29) is 5.04 Å². The molecule has 4 aromatic rings. The van der Waals surface area contributed by atoms with E-state index in [0.717, 1.165) is 43.5 Å². The van der Waals surface area contributed by atoms with Gasteiger partial charge in [-0.05, 0) is 44.7 Å². The van der Waals surface area contributed by atoms with Gasteiger partial charge in [-0.3, -0.25) is 4.57 Å². The predicted molar refractivity (Wildman–Crippen MR) is 144 cm³/mol. The monoisotopic (exact) mass is 559 g/mol. The van der Waals surface area contributed by atoms with E-state index in [1.807, 2.05) is 43.3 Å². The molecule has 33 heavy (non-hydrogen) atoms. The maximum atomic E-state index is 12.4. The Labute approximate surface area is 213 Å². The maximum absolute atomic E-state index is 12.4. The summed E-state index contributed by atoms with van der Waals surface area (Å²) >= 11 is 11.5. The van der Waals surface area contributed by atoms with Crippen LogP contribution in [0.2, 0.25) is 5.04 Å². The maximum Gasteiger partial charge on any atom is 0.258 e. The molecule has 4 nitrogen and oxygen atoms in total. The Bertz CT molecular complexity index is 1190. The average Bonchev–Trinajstić information content (AvgIpc) is 3.39. The Morgan fingerprint density at radius 1 is 1.03 bits per heavy atom. The van der Waals surface area contributed by atoms with E-state index in [2.05, 4.69) is 74.2 Å². The van der Waals surface area contributed by atoms with Crippen molar-refractivity contribution in [2.75, 3.05) is 0 Å². The molecule has 2 heterocycles. The molecule has 2 aromatic carbocycles. The second kappa shape index (κ2) is 9.84. The normalized spacial score (nSPS) is 12.3. The van der Waals surface area contributed by atoms with Crippen molar-refractivity contribution >= 4 is 57.6 Å². The summed E-state index contributed by atoms with van der Waals surface area (Å²) in [6, 6.07) is 20.3. The van der Waals surface area contributed by atoms with Crippen molar-refractivity contribution < 1.29 is 4.80 Å². The van der Waals surface area contributed by atoms with Gasteiger partial charge in [0.05, 0.1) is 5.88 Å².